The summed E-state index contributed by atoms with van der Waals surface area (Å²) >= 11 is 0. The average molecular weight is 250 g/mol. The molecule has 1 aliphatic heterocycles. The molecule has 0 aliphatic carbocycles. The predicted molar refractivity (Wildman–Crippen MR) is 64.9 cm³/mol. The SMILES string of the molecule is C[C@@H](N)C(=O)N1CCOc2c(C(=O)O)cccc21. The molecule has 0 unspecified atom stereocenters. The van der Waals surface area contributed by atoms with Gasteiger partial charge in [0, 0.05) is 0 Å². The summed E-state index contributed by atoms with van der Waals surface area (Å²) in [6.07, 6.45) is 0. The maximum atomic E-state index is 11.9. The van der Waals surface area contributed by atoms with Crippen molar-refractivity contribution >= 4 is 17.6 Å². The quantitative estimate of drug-likeness (QED) is 0.795. The van der Waals surface area contributed by atoms with Gasteiger partial charge in [-0.05, 0) is 19.1 Å². The van der Waals surface area contributed by atoms with Crippen molar-refractivity contribution in [3.8, 4) is 5.75 Å². The highest BCUT2D eigenvalue weighted by molar-refractivity contribution is 6.01. The number of carbonyl (C=O) groups excluding carboxylic acids is 1. The molecule has 6 nitrogen and oxygen atoms in total. The largest absolute Gasteiger partial charge is 0.489 e. The van der Waals surface area contributed by atoms with Crippen LogP contribution in [0.1, 0.15) is 17.3 Å². The van der Waals surface area contributed by atoms with Gasteiger partial charge in [-0.25, -0.2) is 4.79 Å². The molecule has 0 aromatic heterocycles. The Kier molecular flexibility index (Phi) is 3.20. The summed E-state index contributed by atoms with van der Waals surface area (Å²) in [7, 11) is 0. The lowest BCUT2D eigenvalue weighted by atomic mass is 10.1. The molecule has 1 aliphatic rings. The standard InChI is InChI=1S/C12H14N2O4/c1-7(13)11(15)14-5-6-18-10-8(12(16)17)3-2-4-9(10)14/h2-4,7H,5-6,13H2,1H3,(H,16,17)/t7-/m1/s1. The predicted octanol–water partition coefficient (Wildman–Crippen LogP) is 0.457. The Morgan fingerprint density at radius 1 is 1.50 bits per heavy atom. The van der Waals surface area contributed by atoms with E-state index in [-0.39, 0.29) is 23.8 Å². The number of carbonyl (C=O) groups is 2. The summed E-state index contributed by atoms with van der Waals surface area (Å²) in [5.74, 6) is -1.10. The fourth-order valence-electron chi connectivity index (χ4n) is 1.89. The van der Waals surface area contributed by atoms with Crippen molar-refractivity contribution in [1.29, 1.82) is 0 Å². The second kappa shape index (κ2) is 4.66. The van der Waals surface area contributed by atoms with Crippen molar-refractivity contribution in [3.05, 3.63) is 23.8 Å². The fraction of sp³-hybridized carbons (Fsp3) is 0.333. The molecule has 0 radical (unpaired) electrons. The average Bonchev–Trinajstić information content (AvgIpc) is 2.36. The van der Waals surface area contributed by atoms with Gasteiger partial charge in [0.1, 0.15) is 12.2 Å². The number of hydrogen-bond acceptors (Lipinski definition) is 4. The molecule has 0 saturated carbocycles. The molecule has 96 valence electrons. The third-order valence-corrected chi connectivity index (χ3v) is 2.73. The number of para-hydroxylation sites is 1. The lowest BCUT2D eigenvalue weighted by molar-refractivity contribution is -0.119. The molecule has 1 aromatic carbocycles. The number of ether oxygens (including phenoxy) is 1. The van der Waals surface area contributed by atoms with Crippen LogP contribution in [-0.2, 0) is 4.79 Å². The highest BCUT2D eigenvalue weighted by Gasteiger charge is 2.28. The molecule has 0 bridgehead atoms. The minimum Gasteiger partial charge on any atom is -0.489 e. The van der Waals surface area contributed by atoms with Gasteiger partial charge in [-0.15, -0.1) is 0 Å². The molecule has 0 fully saturated rings. The Labute approximate surface area is 104 Å². The van der Waals surface area contributed by atoms with Gasteiger partial charge in [0.05, 0.1) is 18.3 Å². The van der Waals surface area contributed by atoms with E-state index in [1.165, 1.54) is 11.0 Å². The minimum atomic E-state index is -1.08. The van der Waals surface area contributed by atoms with Crippen molar-refractivity contribution in [3.63, 3.8) is 0 Å². The van der Waals surface area contributed by atoms with Crippen LogP contribution in [-0.4, -0.2) is 36.2 Å². The van der Waals surface area contributed by atoms with E-state index < -0.39 is 12.0 Å². The lowest BCUT2D eigenvalue weighted by Gasteiger charge is -2.31. The maximum absolute atomic E-state index is 11.9. The zero-order valence-electron chi connectivity index (χ0n) is 9.92. The van der Waals surface area contributed by atoms with Gasteiger partial charge in [-0.3, -0.25) is 4.79 Å². The normalized spacial score (nSPS) is 15.6. The lowest BCUT2D eigenvalue weighted by Crippen LogP contribution is -2.46. The summed E-state index contributed by atoms with van der Waals surface area (Å²) in [4.78, 5) is 24.5. The summed E-state index contributed by atoms with van der Waals surface area (Å²) in [5.41, 5.74) is 6.09. The van der Waals surface area contributed by atoms with Crippen molar-refractivity contribution in [2.45, 2.75) is 13.0 Å². The second-order valence-electron chi connectivity index (χ2n) is 4.09. The first-order valence-corrected chi connectivity index (χ1v) is 5.58. The Bertz CT molecular complexity index is 499. The van der Waals surface area contributed by atoms with E-state index in [9.17, 15) is 9.59 Å². The first-order valence-electron chi connectivity index (χ1n) is 5.58. The van der Waals surface area contributed by atoms with Crippen molar-refractivity contribution in [2.24, 2.45) is 5.73 Å². The van der Waals surface area contributed by atoms with Crippen LogP contribution in [0.25, 0.3) is 0 Å². The first-order chi connectivity index (χ1) is 8.52. The van der Waals surface area contributed by atoms with Crippen LogP contribution in [0.3, 0.4) is 0 Å². The van der Waals surface area contributed by atoms with Crippen LogP contribution < -0.4 is 15.4 Å². The highest BCUT2D eigenvalue weighted by Crippen LogP contribution is 2.35. The minimum absolute atomic E-state index is 0.0506. The summed E-state index contributed by atoms with van der Waals surface area (Å²) < 4.78 is 5.36. The van der Waals surface area contributed by atoms with Gasteiger partial charge < -0.3 is 20.5 Å². The summed E-state index contributed by atoms with van der Waals surface area (Å²) in [6, 6.07) is 4.05. The zero-order chi connectivity index (χ0) is 13.3. The number of benzene rings is 1. The smallest absolute Gasteiger partial charge is 0.339 e. The number of nitrogens with zero attached hydrogens (tertiary/aromatic N) is 1. The van der Waals surface area contributed by atoms with Crippen LogP contribution in [0.5, 0.6) is 5.75 Å². The van der Waals surface area contributed by atoms with Crippen LogP contribution in [0.2, 0.25) is 0 Å². The van der Waals surface area contributed by atoms with Gasteiger partial charge in [0.2, 0.25) is 5.91 Å². The highest BCUT2D eigenvalue weighted by atomic mass is 16.5. The number of hydrogen-bond donors (Lipinski definition) is 2. The second-order valence-corrected chi connectivity index (χ2v) is 4.09. The molecule has 1 aromatic rings. The summed E-state index contributed by atoms with van der Waals surface area (Å²) in [5, 5.41) is 9.07. The molecular formula is C12H14N2O4. The number of amides is 1. The van der Waals surface area contributed by atoms with Crippen LogP contribution >= 0.6 is 0 Å². The zero-order valence-corrected chi connectivity index (χ0v) is 9.92. The third-order valence-electron chi connectivity index (χ3n) is 2.73. The van der Waals surface area contributed by atoms with Gasteiger partial charge >= 0.3 is 5.97 Å². The van der Waals surface area contributed by atoms with Crippen molar-refractivity contribution in [1.82, 2.24) is 0 Å². The number of aromatic carboxylic acids is 1. The molecule has 3 N–H and O–H groups in total. The molecule has 0 spiro atoms. The van der Waals surface area contributed by atoms with Crippen LogP contribution in [0, 0.1) is 0 Å². The van der Waals surface area contributed by atoms with E-state index in [0.717, 1.165) is 0 Å². The first kappa shape index (κ1) is 12.4. The van der Waals surface area contributed by atoms with Crippen molar-refractivity contribution in [2.75, 3.05) is 18.1 Å². The molecule has 18 heavy (non-hydrogen) atoms. The molecule has 2 rings (SSSR count). The van der Waals surface area contributed by atoms with Gasteiger partial charge in [0.15, 0.2) is 5.75 Å². The van der Waals surface area contributed by atoms with E-state index in [1.807, 2.05) is 0 Å². The van der Waals surface area contributed by atoms with Crippen LogP contribution in [0.15, 0.2) is 18.2 Å². The van der Waals surface area contributed by atoms with Crippen LogP contribution in [0.4, 0.5) is 5.69 Å². The fourth-order valence-corrected chi connectivity index (χ4v) is 1.89. The Balaban J connectivity index is 2.48. The van der Waals surface area contributed by atoms with Crippen molar-refractivity contribution < 1.29 is 19.4 Å². The monoisotopic (exact) mass is 250 g/mol. The number of anilines is 1. The van der Waals surface area contributed by atoms with E-state index >= 15 is 0 Å². The number of rotatable bonds is 2. The summed E-state index contributed by atoms with van der Waals surface area (Å²) in [6.45, 7) is 2.23. The van der Waals surface area contributed by atoms with E-state index in [4.69, 9.17) is 15.6 Å². The number of fused-ring (bicyclic) bond motifs is 1. The molecule has 1 amide bonds. The Morgan fingerprint density at radius 2 is 2.22 bits per heavy atom. The number of nitrogens with two attached hydrogens (primary N) is 1. The Morgan fingerprint density at radius 3 is 2.83 bits per heavy atom. The van der Waals surface area contributed by atoms with Gasteiger partial charge in [-0.2, -0.15) is 0 Å². The third kappa shape index (κ3) is 2.02. The molecular weight excluding hydrogens is 236 g/mol. The Hall–Kier alpha value is -2.08. The molecule has 0 saturated heterocycles. The molecule has 1 atom stereocenters. The maximum Gasteiger partial charge on any atom is 0.339 e. The van der Waals surface area contributed by atoms with Gasteiger partial charge in [0.25, 0.3) is 0 Å². The molecule has 6 heteroatoms. The topological polar surface area (TPSA) is 92.9 Å². The number of carboxylic acid groups (broad SMARTS) is 1. The van der Waals surface area contributed by atoms with E-state index in [1.54, 1.807) is 19.1 Å². The number of carboxylic acids is 1. The van der Waals surface area contributed by atoms with E-state index in [0.29, 0.717) is 12.2 Å². The van der Waals surface area contributed by atoms with E-state index in [2.05, 4.69) is 0 Å². The molecule has 1 heterocycles. The van der Waals surface area contributed by atoms with Gasteiger partial charge in [-0.1, -0.05) is 6.07 Å².